The first kappa shape index (κ1) is 15.6. The third kappa shape index (κ3) is 6.68. The lowest BCUT2D eigenvalue weighted by atomic mass is 10.2. The van der Waals surface area contributed by atoms with Crippen LogP contribution >= 0.6 is 0 Å². The summed E-state index contributed by atoms with van der Waals surface area (Å²) >= 11 is 0. The molecule has 0 aromatic carbocycles. The molecule has 2 rings (SSSR count). The number of likely N-dealkylation sites (tertiary alicyclic amines) is 1. The fraction of sp³-hybridized carbons (Fsp3) is 0.538. The van der Waals surface area contributed by atoms with Crippen LogP contribution in [0.15, 0.2) is 18.3 Å². The average molecular weight is 238 g/mol. The Morgan fingerprint density at radius 3 is 2.18 bits per heavy atom. The van der Waals surface area contributed by atoms with Crippen LogP contribution in [-0.2, 0) is 4.79 Å². The van der Waals surface area contributed by atoms with E-state index in [0.29, 0.717) is 13.1 Å². The van der Waals surface area contributed by atoms with E-state index in [1.807, 2.05) is 40.0 Å². The van der Waals surface area contributed by atoms with Crippen molar-refractivity contribution in [2.24, 2.45) is 0 Å². The van der Waals surface area contributed by atoms with Gasteiger partial charge in [-0.1, -0.05) is 19.9 Å². The molecule has 1 aliphatic heterocycles. The molecular formula is C13H22N2O2. The maximum absolute atomic E-state index is 9.75. The number of β-amino-alcohol motifs (C(OH)–C–C–N with tert-alkyl or cyclic N) is 1. The standard InChI is InChI=1S/C7H9N.C4H7NO2.C2H6/c1-6-3-4-7(2)8-5-6;6-3-5-1-4(7)2-5;1-2/h3-5H,1-2H3;3-4,7H,1-2H2;1-2H3. The van der Waals surface area contributed by atoms with Gasteiger partial charge in [0, 0.05) is 25.0 Å². The predicted octanol–water partition coefficient (Wildman–Crippen LogP) is 1.54. The van der Waals surface area contributed by atoms with Gasteiger partial charge in [-0.15, -0.1) is 0 Å². The molecule has 1 amide bonds. The molecule has 4 nitrogen and oxygen atoms in total. The molecule has 1 N–H and O–H groups in total. The van der Waals surface area contributed by atoms with E-state index in [4.69, 9.17) is 5.11 Å². The van der Waals surface area contributed by atoms with E-state index < -0.39 is 0 Å². The lowest BCUT2D eigenvalue weighted by molar-refractivity contribution is -0.127. The van der Waals surface area contributed by atoms with E-state index in [-0.39, 0.29) is 6.10 Å². The number of amides is 1. The van der Waals surface area contributed by atoms with Crippen LogP contribution in [-0.4, -0.2) is 40.6 Å². The summed E-state index contributed by atoms with van der Waals surface area (Å²) in [6, 6.07) is 4.07. The zero-order valence-electron chi connectivity index (χ0n) is 11.1. The van der Waals surface area contributed by atoms with Crippen LogP contribution in [0.25, 0.3) is 0 Å². The zero-order chi connectivity index (χ0) is 13.3. The van der Waals surface area contributed by atoms with E-state index in [1.165, 1.54) is 10.5 Å². The molecule has 4 heteroatoms. The highest BCUT2D eigenvalue weighted by molar-refractivity contribution is 5.48. The lowest BCUT2D eigenvalue weighted by Crippen LogP contribution is -2.49. The van der Waals surface area contributed by atoms with Gasteiger partial charge in [0.15, 0.2) is 0 Å². The smallest absolute Gasteiger partial charge is 0.209 e. The third-order valence-electron chi connectivity index (χ3n) is 2.10. The van der Waals surface area contributed by atoms with Crippen LogP contribution < -0.4 is 0 Å². The normalized spacial score (nSPS) is 13.6. The Morgan fingerprint density at radius 2 is 1.94 bits per heavy atom. The second-order valence-electron chi connectivity index (χ2n) is 3.69. The number of hydrogen-bond acceptors (Lipinski definition) is 3. The number of aryl methyl sites for hydroxylation is 2. The van der Waals surface area contributed by atoms with E-state index in [9.17, 15) is 4.79 Å². The van der Waals surface area contributed by atoms with Crippen molar-refractivity contribution in [1.29, 1.82) is 0 Å². The summed E-state index contributed by atoms with van der Waals surface area (Å²) in [6.07, 6.45) is 2.35. The first-order valence-corrected chi connectivity index (χ1v) is 5.88. The first-order valence-electron chi connectivity index (χ1n) is 5.88. The molecule has 1 fully saturated rings. The Balaban J connectivity index is 0.000000265. The van der Waals surface area contributed by atoms with Gasteiger partial charge in [0.2, 0.25) is 6.41 Å². The number of rotatable bonds is 1. The minimum Gasteiger partial charge on any atom is -0.389 e. The summed E-state index contributed by atoms with van der Waals surface area (Å²) in [5.74, 6) is 0. The van der Waals surface area contributed by atoms with E-state index >= 15 is 0 Å². The van der Waals surface area contributed by atoms with E-state index in [2.05, 4.69) is 11.1 Å². The van der Waals surface area contributed by atoms with Crippen LogP contribution in [0, 0.1) is 13.8 Å². The zero-order valence-corrected chi connectivity index (χ0v) is 11.1. The van der Waals surface area contributed by atoms with Gasteiger partial charge in [-0.2, -0.15) is 0 Å². The van der Waals surface area contributed by atoms with Crippen molar-refractivity contribution in [2.75, 3.05) is 13.1 Å². The molecule has 0 saturated carbocycles. The average Bonchev–Trinajstić information content (AvgIpc) is 2.32. The summed E-state index contributed by atoms with van der Waals surface area (Å²) in [7, 11) is 0. The Morgan fingerprint density at radius 1 is 1.35 bits per heavy atom. The van der Waals surface area contributed by atoms with Crippen LogP contribution in [0.5, 0.6) is 0 Å². The highest BCUT2D eigenvalue weighted by Gasteiger charge is 2.21. The summed E-state index contributed by atoms with van der Waals surface area (Å²) in [4.78, 5) is 15.3. The third-order valence-corrected chi connectivity index (χ3v) is 2.10. The first-order chi connectivity index (χ1) is 8.11. The van der Waals surface area contributed by atoms with Gasteiger partial charge < -0.3 is 10.0 Å². The number of hydrogen-bond donors (Lipinski definition) is 1. The fourth-order valence-corrected chi connectivity index (χ4v) is 1.12. The molecule has 0 bridgehead atoms. The molecule has 1 aliphatic rings. The molecule has 17 heavy (non-hydrogen) atoms. The number of aliphatic hydroxyl groups excluding tert-OH is 1. The quantitative estimate of drug-likeness (QED) is 0.755. The van der Waals surface area contributed by atoms with Crippen molar-refractivity contribution in [3.8, 4) is 0 Å². The molecule has 2 heterocycles. The molecule has 1 saturated heterocycles. The van der Waals surface area contributed by atoms with Crippen molar-refractivity contribution >= 4 is 6.41 Å². The number of aromatic nitrogens is 1. The SMILES string of the molecule is CC.Cc1ccc(C)nc1.O=CN1CC(O)C1. The highest BCUT2D eigenvalue weighted by atomic mass is 16.3. The summed E-state index contributed by atoms with van der Waals surface area (Å²) < 4.78 is 0. The fourth-order valence-electron chi connectivity index (χ4n) is 1.12. The molecule has 1 aromatic heterocycles. The van der Waals surface area contributed by atoms with Crippen LogP contribution in [0.3, 0.4) is 0 Å². The Hall–Kier alpha value is -1.42. The number of nitrogens with zero attached hydrogens (tertiary/aromatic N) is 2. The van der Waals surface area contributed by atoms with Crippen LogP contribution in [0.1, 0.15) is 25.1 Å². The van der Waals surface area contributed by atoms with Crippen molar-refractivity contribution in [2.45, 2.75) is 33.8 Å². The number of aliphatic hydroxyl groups is 1. The Bertz CT molecular complexity index is 285. The van der Waals surface area contributed by atoms with Crippen molar-refractivity contribution in [1.82, 2.24) is 9.88 Å². The van der Waals surface area contributed by atoms with Gasteiger partial charge in [-0.25, -0.2) is 0 Å². The second kappa shape index (κ2) is 8.70. The molecule has 0 spiro atoms. The Kier molecular flexibility index (Phi) is 7.97. The number of carbonyl (C=O) groups is 1. The topological polar surface area (TPSA) is 53.4 Å². The molecule has 0 atom stereocenters. The lowest BCUT2D eigenvalue weighted by Gasteiger charge is -2.31. The molecule has 96 valence electrons. The number of pyridine rings is 1. The van der Waals surface area contributed by atoms with Gasteiger partial charge in [0.25, 0.3) is 0 Å². The largest absolute Gasteiger partial charge is 0.389 e. The minimum atomic E-state index is -0.259. The molecule has 0 aliphatic carbocycles. The molecule has 0 unspecified atom stereocenters. The monoisotopic (exact) mass is 238 g/mol. The van der Waals surface area contributed by atoms with Gasteiger partial charge in [0.1, 0.15) is 0 Å². The second-order valence-corrected chi connectivity index (χ2v) is 3.69. The van der Waals surface area contributed by atoms with E-state index in [0.717, 1.165) is 12.1 Å². The van der Waals surface area contributed by atoms with Gasteiger partial charge in [-0.05, 0) is 25.5 Å². The summed E-state index contributed by atoms with van der Waals surface area (Å²) in [5, 5.41) is 8.55. The highest BCUT2D eigenvalue weighted by Crippen LogP contribution is 2.01. The van der Waals surface area contributed by atoms with Crippen molar-refractivity contribution < 1.29 is 9.90 Å². The van der Waals surface area contributed by atoms with Crippen LogP contribution in [0.2, 0.25) is 0 Å². The van der Waals surface area contributed by atoms with Gasteiger partial charge in [-0.3, -0.25) is 9.78 Å². The van der Waals surface area contributed by atoms with Gasteiger partial charge >= 0.3 is 0 Å². The minimum absolute atomic E-state index is 0.259. The predicted molar refractivity (Wildman–Crippen MR) is 68.7 cm³/mol. The molecule has 0 radical (unpaired) electrons. The number of carbonyl (C=O) groups excluding carboxylic acids is 1. The summed E-state index contributed by atoms with van der Waals surface area (Å²) in [5.41, 5.74) is 2.30. The van der Waals surface area contributed by atoms with Crippen molar-refractivity contribution in [3.63, 3.8) is 0 Å². The van der Waals surface area contributed by atoms with Crippen molar-refractivity contribution in [3.05, 3.63) is 29.6 Å². The van der Waals surface area contributed by atoms with Gasteiger partial charge in [0.05, 0.1) is 6.10 Å². The van der Waals surface area contributed by atoms with E-state index in [1.54, 1.807) is 0 Å². The maximum Gasteiger partial charge on any atom is 0.209 e. The maximum atomic E-state index is 9.75. The van der Waals surface area contributed by atoms with Crippen LogP contribution in [0.4, 0.5) is 0 Å². The molecular weight excluding hydrogens is 216 g/mol. The molecule has 1 aromatic rings. The Labute approximate surface area is 103 Å². The summed E-state index contributed by atoms with van der Waals surface area (Å²) in [6.45, 7) is 9.05.